The first-order chi connectivity index (χ1) is 9.55. The third-order valence-electron chi connectivity index (χ3n) is 3.09. The molecule has 1 atom stereocenters. The lowest BCUT2D eigenvalue weighted by Crippen LogP contribution is -2.33. The fraction of sp³-hybridized carbons (Fsp3) is 0.538. The second-order valence-electron chi connectivity index (χ2n) is 4.95. The zero-order valence-corrected chi connectivity index (χ0v) is 12.3. The number of hydrogen-bond acceptors (Lipinski definition) is 5. The first-order valence-corrected chi connectivity index (χ1v) is 8.11. The number of anilines is 1. The van der Waals surface area contributed by atoms with E-state index in [1.165, 1.54) is 0 Å². The highest BCUT2D eigenvalue weighted by Gasteiger charge is 2.27. The molecule has 1 aromatic rings. The van der Waals surface area contributed by atoms with Crippen LogP contribution in [0.1, 0.15) is 12.8 Å². The van der Waals surface area contributed by atoms with Gasteiger partial charge in [0.25, 0.3) is 0 Å². The van der Waals surface area contributed by atoms with Crippen LogP contribution in [0.4, 0.5) is 5.69 Å². The minimum atomic E-state index is -3.39. The van der Waals surface area contributed by atoms with Crippen molar-refractivity contribution in [1.29, 1.82) is 0 Å². The van der Waals surface area contributed by atoms with Crippen LogP contribution in [0, 0.1) is 0 Å². The number of ether oxygens (including phenoxy) is 1. The first kappa shape index (κ1) is 15.2. The standard InChI is InChI=1S/C13H21N3O3S/c1-19-9-12(8-14)15-10-4-6-13(7-5-10)20(17,18)16-11-2-3-11/h4-7,11-12,15-16H,2-3,8-9,14H2,1H3. The largest absolute Gasteiger partial charge is 0.383 e. The van der Waals surface area contributed by atoms with E-state index in [4.69, 9.17) is 10.5 Å². The molecule has 0 aromatic heterocycles. The van der Waals surface area contributed by atoms with Crippen LogP contribution in [0.5, 0.6) is 0 Å². The molecular formula is C13H21N3O3S. The molecule has 0 aliphatic heterocycles. The number of nitrogens with two attached hydrogens (primary N) is 1. The van der Waals surface area contributed by atoms with Gasteiger partial charge in [0.05, 0.1) is 17.5 Å². The second kappa shape index (κ2) is 6.53. The van der Waals surface area contributed by atoms with E-state index in [1.807, 2.05) is 0 Å². The van der Waals surface area contributed by atoms with Crippen molar-refractivity contribution in [3.8, 4) is 0 Å². The fourth-order valence-electron chi connectivity index (χ4n) is 1.82. The van der Waals surface area contributed by atoms with E-state index in [1.54, 1.807) is 31.4 Å². The lowest BCUT2D eigenvalue weighted by molar-refractivity contribution is 0.187. The van der Waals surface area contributed by atoms with E-state index in [-0.39, 0.29) is 17.0 Å². The van der Waals surface area contributed by atoms with Gasteiger partial charge in [-0.15, -0.1) is 0 Å². The molecule has 112 valence electrons. The summed E-state index contributed by atoms with van der Waals surface area (Å²) in [6.45, 7) is 0.941. The molecule has 1 unspecified atom stereocenters. The Morgan fingerprint density at radius 2 is 2.00 bits per heavy atom. The van der Waals surface area contributed by atoms with Crippen molar-refractivity contribution < 1.29 is 13.2 Å². The molecule has 1 fully saturated rings. The molecule has 20 heavy (non-hydrogen) atoms. The van der Waals surface area contributed by atoms with Gasteiger partial charge in [0.2, 0.25) is 10.0 Å². The quantitative estimate of drug-likeness (QED) is 0.650. The third-order valence-corrected chi connectivity index (χ3v) is 4.62. The number of methoxy groups -OCH3 is 1. The Morgan fingerprint density at radius 3 is 2.50 bits per heavy atom. The van der Waals surface area contributed by atoms with Crippen molar-refractivity contribution in [3.05, 3.63) is 24.3 Å². The number of nitrogens with one attached hydrogen (secondary N) is 2. The maximum absolute atomic E-state index is 12.0. The maximum Gasteiger partial charge on any atom is 0.240 e. The van der Waals surface area contributed by atoms with E-state index in [0.717, 1.165) is 18.5 Å². The number of sulfonamides is 1. The van der Waals surface area contributed by atoms with Gasteiger partial charge in [-0.05, 0) is 37.1 Å². The van der Waals surface area contributed by atoms with Crippen LogP contribution in [-0.2, 0) is 14.8 Å². The molecule has 0 heterocycles. The molecule has 2 rings (SSSR count). The van der Waals surface area contributed by atoms with Gasteiger partial charge in [-0.1, -0.05) is 0 Å². The first-order valence-electron chi connectivity index (χ1n) is 6.63. The van der Waals surface area contributed by atoms with Gasteiger partial charge in [0.1, 0.15) is 0 Å². The third kappa shape index (κ3) is 4.17. The molecule has 0 saturated heterocycles. The van der Waals surface area contributed by atoms with E-state index in [2.05, 4.69) is 10.0 Å². The summed E-state index contributed by atoms with van der Waals surface area (Å²) in [7, 11) is -1.77. The number of benzene rings is 1. The predicted octanol–water partition coefficient (Wildman–Crippen LogP) is 0.513. The number of rotatable bonds is 8. The molecular weight excluding hydrogens is 278 g/mol. The average molecular weight is 299 g/mol. The Kier molecular flexibility index (Phi) is 4.98. The molecule has 1 saturated carbocycles. The maximum atomic E-state index is 12.0. The normalized spacial score (nSPS) is 16.9. The molecule has 0 amide bonds. The van der Waals surface area contributed by atoms with Gasteiger partial charge < -0.3 is 15.8 Å². The average Bonchev–Trinajstić information content (AvgIpc) is 3.22. The van der Waals surface area contributed by atoms with Crippen molar-refractivity contribution in [3.63, 3.8) is 0 Å². The Bertz CT molecular complexity index is 526. The van der Waals surface area contributed by atoms with Crippen molar-refractivity contribution in [2.24, 2.45) is 5.73 Å². The Morgan fingerprint density at radius 1 is 1.35 bits per heavy atom. The molecule has 1 aliphatic carbocycles. The molecule has 0 spiro atoms. The molecule has 0 radical (unpaired) electrons. The highest BCUT2D eigenvalue weighted by atomic mass is 32.2. The monoisotopic (exact) mass is 299 g/mol. The Hall–Kier alpha value is -1.15. The molecule has 0 bridgehead atoms. The van der Waals surface area contributed by atoms with E-state index in [9.17, 15) is 8.42 Å². The summed E-state index contributed by atoms with van der Waals surface area (Å²) in [5.74, 6) is 0. The van der Waals surface area contributed by atoms with Gasteiger partial charge in [-0.3, -0.25) is 0 Å². The summed E-state index contributed by atoms with van der Waals surface area (Å²) >= 11 is 0. The van der Waals surface area contributed by atoms with Crippen LogP contribution in [-0.4, -0.2) is 40.8 Å². The van der Waals surface area contributed by atoms with Crippen LogP contribution in [0.3, 0.4) is 0 Å². The van der Waals surface area contributed by atoms with Crippen molar-refractivity contribution in [1.82, 2.24) is 4.72 Å². The summed E-state index contributed by atoms with van der Waals surface area (Å²) < 4.78 is 31.7. The highest BCUT2D eigenvalue weighted by molar-refractivity contribution is 7.89. The molecule has 4 N–H and O–H groups in total. The highest BCUT2D eigenvalue weighted by Crippen LogP contribution is 2.22. The van der Waals surface area contributed by atoms with Gasteiger partial charge in [-0.25, -0.2) is 13.1 Å². The minimum Gasteiger partial charge on any atom is -0.383 e. The predicted molar refractivity (Wildman–Crippen MR) is 78.1 cm³/mol. The second-order valence-corrected chi connectivity index (χ2v) is 6.67. The van der Waals surface area contributed by atoms with Crippen LogP contribution in [0.25, 0.3) is 0 Å². The van der Waals surface area contributed by atoms with Crippen LogP contribution in [0.2, 0.25) is 0 Å². The van der Waals surface area contributed by atoms with Crippen molar-refractivity contribution in [2.45, 2.75) is 29.8 Å². The van der Waals surface area contributed by atoms with Crippen molar-refractivity contribution in [2.75, 3.05) is 25.6 Å². The van der Waals surface area contributed by atoms with Crippen LogP contribution < -0.4 is 15.8 Å². The zero-order chi connectivity index (χ0) is 14.6. The summed E-state index contributed by atoms with van der Waals surface area (Å²) in [6.07, 6.45) is 1.85. The Labute approximate surface area is 119 Å². The fourth-order valence-corrected chi connectivity index (χ4v) is 3.13. The molecule has 7 heteroatoms. The van der Waals surface area contributed by atoms with Crippen LogP contribution in [0.15, 0.2) is 29.2 Å². The minimum absolute atomic E-state index is 0.00652. The number of hydrogen-bond donors (Lipinski definition) is 3. The summed E-state index contributed by atoms with van der Waals surface area (Å²) in [4.78, 5) is 0.283. The lowest BCUT2D eigenvalue weighted by Gasteiger charge is -2.17. The van der Waals surface area contributed by atoms with E-state index < -0.39 is 10.0 Å². The smallest absolute Gasteiger partial charge is 0.240 e. The topological polar surface area (TPSA) is 93.4 Å². The summed E-state index contributed by atoms with van der Waals surface area (Å²) in [5, 5.41) is 3.20. The molecule has 6 nitrogen and oxygen atoms in total. The van der Waals surface area contributed by atoms with Gasteiger partial charge in [0.15, 0.2) is 0 Å². The van der Waals surface area contributed by atoms with E-state index in [0.29, 0.717) is 13.2 Å². The molecule has 1 aromatic carbocycles. The SMILES string of the molecule is COCC(CN)Nc1ccc(S(=O)(=O)NC2CC2)cc1. The van der Waals surface area contributed by atoms with Crippen LogP contribution >= 0.6 is 0 Å². The van der Waals surface area contributed by atoms with E-state index >= 15 is 0 Å². The van der Waals surface area contributed by atoms with Crippen molar-refractivity contribution >= 4 is 15.7 Å². The van der Waals surface area contributed by atoms with Gasteiger partial charge in [0, 0.05) is 25.4 Å². The zero-order valence-electron chi connectivity index (χ0n) is 11.5. The van der Waals surface area contributed by atoms with Gasteiger partial charge in [-0.2, -0.15) is 0 Å². The summed E-state index contributed by atoms with van der Waals surface area (Å²) in [6, 6.07) is 6.77. The summed E-state index contributed by atoms with van der Waals surface area (Å²) in [5.41, 5.74) is 6.44. The lowest BCUT2D eigenvalue weighted by atomic mass is 10.2. The molecule has 1 aliphatic rings. The Balaban J connectivity index is 2.01. The van der Waals surface area contributed by atoms with Gasteiger partial charge >= 0.3 is 0 Å².